The van der Waals surface area contributed by atoms with Gasteiger partial charge in [0.25, 0.3) is 11.8 Å². The molecule has 2 amide bonds. The van der Waals surface area contributed by atoms with Crippen molar-refractivity contribution in [3.63, 3.8) is 0 Å². The van der Waals surface area contributed by atoms with Gasteiger partial charge in [-0.2, -0.15) is 0 Å². The largest absolute Gasteiger partial charge is 0.546 e. The number of carbonyl (C=O) groups excluding carboxylic acids is 3. The Morgan fingerprint density at radius 3 is 2.69 bits per heavy atom. The number of nitrogens with one attached hydrogen (secondary N) is 1. The lowest BCUT2D eigenvalue weighted by Crippen LogP contribution is -2.54. The van der Waals surface area contributed by atoms with E-state index in [4.69, 9.17) is 28.6 Å². The standard InChI is InChI=1S/C19H12BrClN2O5S/c20-11-2-1-3-12(8-11)23-18(27)13(17(26)22-19(23)29)6-10-4-5-15(14(21)7-10)28-9-16(24)25/h1-8H,9H2,(H,24,25)(H,22,26,29)/p-1/b13-6+. The number of hydrogen-bond acceptors (Lipinski definition) is 6. The molecular formula is C19H11BrClN2O5S-. The van der Waals surface area contributed by atoms with E-state index in [9.17, 15) is 19.5 Å². The van der Waals surface area contributed by atoms with E-state index in [2.05, 4.69) is 21.2 Å². The van der Waals surface area contributed by atoms with Gasteiger partial charge in [0.15, 0.2) is 5.11 Å². The molecule has 0 aliphatic carbocycles. The summed E-state index contributed by atoms with van der Waals surface area (Å²) in [4.78, 5) is 37.0. The first-order valence-electron chi connectivity index (χ1n) is 8.05. The first-order chi connectivity index (χ1) is 13.8. The molecule has 148 valence electrons. The van der Waals surface area contributed by atoms with E-state index in [1.54, 1.807) is 24.3 Å². The first-order valence-corrected chi connectivity index (χ1v) is 9.63. The second kappa shape index (κ2) is 8.73. The van der Waals surface area contributed by atoms with Gasteiger partial charge in [-0.15, -0.1) is 0 Å². The molecule has 1 heterocycles. The molecule has 1 saturated heterocycles. The second-order valence-corrected chi connectivity index (χ2v) is 7.50. The van der Waals surface area contributed by atoms with Crippen LogP contribution in [-0.4, -0.2) is 29.5 Å². The number of amides is 2. The molecule has 29 heavy (non-hydrogen) atoms. The van der Waals surface area contributed by atoms with E-state index < -0.39 is 24.4 Å². The van der Waals surface area contributed by atoms with Gasteiger partial charge in [0.2, 0.25) is 0 Å². The predicted molar refractivity (Wildman–Crippen MR) is 112 cm³/mol. The molecule has 0 radical (unpaired) electrons. The van der Waals surface area contributed by atoms with Crippen molar-refractivity contribution in [1.29, 1.82) is 0 Å². The topological polar surface area (TPSA) is 98.8 Å². The summed E-state index contributed by atoms with van der Waals surface area (Å²) in [5, 5.41) is 13.1. The van der Waals surface area contributed by atoms with Crippen LogP contribution in [0.4, 0.5) is 5.69 Å². The Morgan fingerprint density at radius 2 is 2.03 bits per heavy atom. The SMILES string of the molecule is O=C([O-])COc1ccc(/C=C2\C(=O)NC(=S)N(c3cccc(Br)c3)C2=O)cc1Cl. The minimum absolute atomic E-state index is 0.0284. The van der Waals surface area contributed by atoms with E-state index in [1.807, 2.05) is 0 Å². The monoisotopic (exact) mass is 493 g/mol. The Kier molecular flexibility index (Phi) is 6.31. The van der Waals surface area contributed by atoms with E-state index >= 15 is 0 Å². The zero-order valence-corrected chi connectivity index (χ0v) is 17.6. The number of carbonyl (C=O) groups is 3. The van der Waals surface area contributed by atoms with Crippen LogP contribution < -0.4 is 20.1 Å². The highest BCUT2D eigenvalue weighted by atomic mass is 79.9. The van der Waals surface area contributed by atoms with E-state index in [0.29, 0.717) is 11.3 Å². The molecule has 10 heteroatoms. The third kappa shape index (κ3) is 4.81. The van der Waals surface area contributed by atoms with Crippen LogP contribution in [-0.2, 0) is 14.4 Å². The number of benzene rings is 2. The van der Waals surface area contributed by atoms with Crippen LogP contribution in [0.2, 0.25) is 5.02 Å². The minimum Gasteiger partial charge on any atom is -0.546 e. The molecule has 3 rings (SSSR count). The number of ether oxygens (including phenoxy) is 1. The smallest absolute Gasteiger partial charge is 0.270 e. The summed E-state index contributed by atoms with van der Waals surface area (Å²) in [6.45, 7) is -0.653. The number of hydrogen-bond donors (Lipinski definition) is 1. The van der Waals surface area contributed by atoms with Crippen molar-refractivity contribution in [2.45, 2.75) is 0 Å². The maximum Gasteiger partial charge on any atom is 0.270 e. The van der Waals surface area contributed by atoms with Gasteiger partial charge in [0.05, 0.1) is 16.7 Å². The fourth-order valence-corrected chi connectivity index (χ4v) is 3.45. The van der Waals surface area contributed by atoms with Crippen molar-refractivity contribution in [2.75, 3.05) is 11.5 Å². The molecule has 2 aromatic carbocycles. The van der Waals surface area contributed by atoms with Crippen molar-refractivity contribution in [1.82, 2.24) is 5.32 Å². The van der Waals surface area contributed by atoms with Crippen LogP contribution in [0.3, 0.4) is 0 Å². The van der Waals surface area contributed by atoms with Gasteiger partial charge >= 0.3 is 0 Å². The molecule has 0 unspecified atom stereocenters. The summed E-state index contributed by atoms with van der Waals surface area (Å²) in [5.74, 6) is -2.49. The minimum atomic E-state index is -1.39. The lowest BCUT2D eigenvalue weighted by molar-refractivity contribution is -0.307. The number of carboxylic acid groups (broad SMARTS) is 1. The third-order valence-electron chi connectivity index (χ3n) is 3.78. The van der Waals surface area contributed by atoms with Crippen LogP contribution in [0.5, 0.6) is 5.75 Å². The number of nitrogens with zero attached hydrogens (tertiary/aromatic N) is 1. The average molecular weight is 495 g/mol. The molecule has 0 atom stereocenters. The lowest BCUT2D eigenvalue weighted by atomic mass is 10.1. The highest BCUT2D eigenvalue weighted by Gasteiger charge is 2.34. The molecule has 1 aliphatic heterocycles. The Morgan fingerprint density at radius 1 is 1.28 bits per heavy atom. The normalized spacial score (nSPS) is 15.4. The predicted octanol–water partition coefficient (Wildman–Crippen LogP) is 2.06. The molecule has 0 saturated carbocycles. The molecule has 0 bridgehead atoms. The maximum atomic E-state index is 13.0. The van der Waals surface area contributed by atoms with Crippen LogP contribution >= 0.6 is 39.7 Å². The highest BCUT2D eigenvalue weighted by molar-refractivity contribution is 9.10. The summed E-state index contributed by atoms with van der Waals surface area (Å²) in [6, 6.07) is 11.3. The fraction of sp³-hybridized carbons (Fsp3) is 0.0526. The van der Waals surface area contributed by atoms with Crippen LogP contribution in [0.25, 0.3) is 6.08 Å². The van der Waals surface area contributed by atoms with Crippen molar-refractivity contribution >= 4 is 74.4 Å². The average Bonchev–Trinajstić information content (AvgIpc) is 2.64. The second-order valence-electron chi connectivity index (χ2n) is 5.79. The van der Waals surface area contributed by atoms with Gasteiger partial charge in [-0.1, -0.05) is 39.7 Å². The first kappa shape index (κ1) is 21.0. The van der Waals surface area contributed by atoms with E-state index in [0.717, 1.165) is 4.47 Å². The molecule has 1 N–H and O–H groups in total. The Balaban J connectivity index is 1.92. The summed E-state index contributed by atoms with van der Waals surface area (Å²) < 4.78 is 5.74. The zero-order chi connectivity index (χ0) is 21.1. The number of aliphatic carboxylic acids is 1. The fourth-order valence-electron chi connectivity index (χ4n) is 2.53. The van der Waals surface area contributed by atoms with Gasteiger partial charge in [-0.3, -0.25) is 19.8 Å². The summed E-state index contributed by atoms with van der Waals surface area (Å²) in [7, 11) is 0. The zero-order valence-electron chi connectivity index (χ0n) is 14.5. The van der Waals surface area contributed by atoms with Gasteiger partial charge < -0.3 is 14.6 Å². The highest BCUT2D eigenvalue weighted by Crippen LogP contribution is 2.28. The van der Waals surface area contributed by atoms with Crippen LogP contribution in [0.1, 0.15) is 5.56 Å². The molecule has 1 fully saturated rings. The quantitative estimate of drug-likeness (QED) is 0.388. The van der Waals surface area contributed by atoms with Crippen molar-refractivity contribution in [3.8, 4) is 5.75 Å². The Bertz CT molecular complexity index is 1070. The van der Waals surface area contributed by atoms with Crippen molar-refractivity contribution in [3.05, 3.63) is 63.1 Å². The molecule has 0 spiro atoms. The van der Waals surface area contributed by atoms with Crippen LogP contribution in [0.15, 0.2) is 52.5 Å². The van der Waals surface area contributed by atoms with E-state index in [-0.39, 0.29) is 21.5 Å². The molecule has 1 aliphatic rings. The number of carboxylic acids is 1. The van der Waals surface area contributed by atoms with Gasteiger partial charge in [-0.05, 0) is 54.2 Å². The van der Waals surface area contributed by atoms with Gasteiger partial charge in [0, 0.05) is 4.47 Å². The molecular weight excluding hydrogens is 484 g/mol. The van der Waals surface area contributed by atoms with E-state index in [1.165, 1.54) is 29.2 Å². The Hall–Kier alpha value is -2.75. The summed E-state index contributed by atoms with van der Waals surface area (Å²) in [6.07, 6.45) is 1.36. The number of rotatable bonds is 5. The number of thiocarbonyl (C=S) groups is 1. The Labute approximate surface area is 184 Å². The molecule has 7 nitrogen and oxygen atoms in total. The van der Waals surface area contributed by atoms with Gasteiger partial charge in [0.1, 0.15) is 17.9 Å². The lowest BCUT2D eigenvalue weighted by Gasteiger charge is -2.29. The van der Waals surface area contributed by atoms with Crippen molar-refractivity contribution < 1.29 is 24.2 Å². The molecule has 0 aromatic heterocycles. The van der Waals surface area contributed by atoms with Crippen LogP contribution in [0, 0.1) is 0 Å². The summed E-state index contributed by atoms with van der Waals surface area (Å²) >= 11 is 14.6. The number of anilines is 1. The van der Waals surface area contributed by atoms with Crippen molar-refractivity contribution in [2.24, 2.45) is 0 Å². The number of halogens is 2. The summed E-state index contributed by atoms with van der Waals surface area (Å²) in [5.41, 5.74) is 0.790. The van der Waals surface area contributed by atoms with Gasteiger partial charge in [-0.25, -0.2) is 0 Å². The maximum absolute atomic E-state index is 13.0. The third-order valence-corrected chi connectivity index (χ3v) is 4.85. The molecule has 2 aromatic rings.